The molecule has 1 aliphatic rings. The molecule has 100 valence electrons. The summed E-state index contributed by atoms with van der Waals surface area (Å²) in [5.41, 5.74) is 0.946. The number of aryl methyl sites for hydroxylation is 1. The van der Waals surface area contributed by atoms with E-state index in [4.69, 9.17) is 4.74 Å². The predicted octanol–water partition coefficient (Wildman–Crippen LogP) is 2.25. The molecule has 1 aromatic rings. The molecule has 0 saturated carbocycles. The van der Waals surface area contributed by atoms with Crippen LogP contribution in [-0.4, -0.2) is 28.9 Å². The lowest BCUT2D eigenvalue weighted by Gasteiger charge is -2.24. The summed E-state index contributed by atoms with van der Waals surface area (Å²) in [5, 5.41) is 6.39. The van der Waals surface area contributed by atoms with Gasteiger partial charge in [-0.3, -0.25) is 5.10 Å². The molecule has 0 unspecified atom stereocenters. The number of nitrogens with zero attached hydrogens (tertiary/aromatic N) is 1. The number of nitrogens with one attached hydrogen (secondary N) is 1. The van der Waals surface area contributed by atoms with Gasteiger partial charge in [-0.1, -0.05) is 0 Å². The maximum Gasteiger partial charge on any atom is 0.392 e. The van der Waals surface area contributed by atoms with Crippen molar-refractivity contribution in [1.82, 2.24) is 10.2 Å². The standard InChI is InChI=1S/C11H13F3N2O2/c1-2-18-10(17)9-7-5-6(11(12,13)14)3-4-8(7)15-16-9/h6H,2-5H2,1H3,(H,15,16)/t6-/m1/s1. The van der Waals surface area contributed by atoms with Gasteiger partial charge in [-0.25, -0.2) is 4.79 Å². The highest BCUT2D eigenvalue weighted by atomic mass is 19.4. The summed E-state index contributed by atoms with van der Waals surface area (Å²) in [5.74, 6) is -2.08. The Bertz CT molecular complexity index is 454. The van der Waals surface area contributed by atoms with Gasteiger partial charge < -0.3 is 4.74 Å². The summed E-state index contributed by atoms with van der Waals surface area (Å²) < 4.78 is 42.8. The van der Waals surface area contributed by atoms with Crippen molar-refractivity contribution in [2.24, 2.45) is 5.92 Å². The summed E-state index contributed by atoms with van der Waals surface area (Å²) in [6.07, 6.45) is -4.16. The topological polar surface area (TPSA) is 55.0 Å². The summed E-state index contributed by atoms with van der Waals surface area (Å²) in [6, 6.07) is 0. The lowest BCUT2D eigenvalue weighted by molar-refractivity contribution is -0.177. The average molecular weight is 262 g/mol. The van der Waals surface area contributed by atoms with Gasteiger partial charge in [0.1, 0.15) is 0 Å². The minimum Gasteiger partial charge on any atom is -0.461 e. The number of aromatic nitrogens is 2. The van der Waals surface area contributed by atoms with Crippen LogP contribution in [0.5, 0.6) is 0 Å². The van der Waals surface area contributed by atoms with Crippen molar-refractivity contribution in [3.63, 3.8) is 0 Å². The molecule has 1 aromatic heterocycles. The number of aromatic amines is 1. The monoisotopic (exact) mass is 262 g/mol. The number of carbonyl (C=O) groups excluding carboxylic acids is 1. The molecule has 7 heteroatoms. The lowest BCUT2D eigenvalue weighted by atomic mass is 9.86. The first-order valence-electron chi connectivity index (χ1n) is 5.73. The molecule has 2 rings (SSSR count). The van der Waals surface area contributed by atoms with Gasteiger partial charge in [0.25, 0.3) is 0 Å². The lowest BCUT2D eigenvalue weighted by Crippen LogP contribution is -2.29. The highest BCUT2D eigenvalue weighted by molar-refractivity contribution is 5.89. The second kappa shape index (κ2) is 4.62. The van der Waals surface area contributed by atoms with Gasteiger partial charge >= 0.3 is 12.1 Å². The van der Waals surface area contributed by atoms with E-state index in [0.717, 1.165) is 0 Å². The number of fused-ring (bicyclic) bond motifs is 1. The first-order chi connectivity index (χ1) is 8.43. The molecule has 0 amide bonds. The zero-order valence-corrected chi connectivity index (χ0v) is 9.80. The predicted molar refractivity (Wildman–Crippen MR) is 56.1 cm³/mol. The molecule has 0 aromatic carbocycles. The quantitative estimate of drug-likeness (QED) is 0.832. The Kier molecular flexibility index (Phi) is 3.32. The van der Waals surface area contributed by atoms with Gasteiger partial charge in [-0.05, 0) is 26.2 Å². The Labute approximate surface area is 102 Å². The molecule has 0 aliphatic heterocycles. The number of alkyl halides is 3. The van der Waals surface area contributed by atoms with Crippen molar-refractivity contribution >= 4 is 5.97 Å². The summed E-state index contributed by atoms with van der Waals surface area (Å²) in [6.45, 7) is 1.80. The average Bonchev–Trinajstić information content (AvgIpc) is 2.70. The number of halogens is 3. The number of ether oxygens (including phenoxy) is 1. The van der Waals surface area contributed by atoms with Crippen LogP contribution in [0.2, 0.25) is 0 Å². The Morgan fingerprint density at radius 3 is 2.89 bits per heavy atom. The van der Waals surface area contributed by atoms with E-state index in [1.165, 1.54) is 0 Å². The summed E-state index contributed by atoms with van der Waals surface area (Å²) in [4.78, 5) is 11.5. The fourth-order valence-electron chi connectivity index (χ4n) is 2.14. The molecule has 0 spiro atoms. The highest BCUT2D eigenvalue weighted by Crippen LogP contribution is 2.37. The largest absolute Gasteiger partial charge is 0.461 e. The minimum atomic E-state index is -4.24. The Morgan fingerprint density at radius 1 is 1.56 bits per heavy atom. The fourth-order valence-corrected chi connectivity index (χ4v) is 2.14. The number of H-pyrrole nitrogens is 1. The van der Waals surface area contributed by atoms with Crippen LogP contribution in [0, 0.1) is 5.92 Å². The van der Waals surface area contributed by atoms with Crippen LogP contribution in [0.1, 0.15) is 35.1 Å². The van der Waals surface area contributed by atoms with Crippen molar-refractivity contribution in [2.45, 2.75) is 32.4 Å². The fraction of sp³-hybridized carbons (Fsp3) is 0.636. The third kappa shape index (κ3) is 2.34. The molecule has 1 heterocycles. The van der Waals surface area contributed by atoms with Gasteiger partial charge in [-0.15, -0.1) is 0 Å². The van der Waals surface area contributed by atoms with Crippen molar-refractivity contribution in [3.8, 4) is 0 Å². The maximum absolute atomic E-state index is 12.7. The maximum atomic E-state index is 12.7. The highest BCUT2D eigenvalue weighted by Gasteiger charge is 2.42. The van der Waals surface area contributed by atoms with Crippen LogP contribution >= 0.6 is 0 Å². The molecule has 0 bridgehead atoms. The molecule has 1 N–H and O–H groups in total. The number of rotatable bonds is 2. The van der Waals surface area contributed by atoms with Crippen LogP contribution in [0.4, 0.5) is 13.2 Å². The van der Waals surface area contributed by atoms with E-state index in [0.29, 0.717) is 11.3 Å². The summed E-state index contributed by atoms with van der Waals surface area (Å²) in [7, 11) is 0. The number of carbonyl (C=O) groups is 1. The zero-order valence-electron chi connectivity index (χ0n) is 9.80. The van der Waals surface area contributed by atoms with Gasteiger partial charge in [0.2, 0.25) is 0 Å². The molecule has 0 fully saturated rings. The van der Waals surface area contributed by atoms with Crippen LogP contribution in [0.25, 0.3) is 0 Å². The molecule has 1 atom stereocenters. The van der Waals surface area contributed by atoms with Gasteiger partial charge in [0, 0.05) is 11.3 Å². The molecule has 4 nitrogen and oxygen atoms in total. The smallest absolute Gasteiger partial charge is 0.392 e. The number of hydrogen-bond acceptors (Lipinski definition) is 3. The van der Waals surface area contributed by atoms with Gasteiger partial charge in [-0.2, -0.15) is 18.3 Å². The Morgan fingerprint density at radius 2 is 2.28 bits per heavy atom. The van der Waals surface area contributed by atoms with Crippen LogP contribution in [0.3, 0.4) is 0 Å². The van der Waals surface area contributed by atoms with E-state index in [-0.39, 0.29) is 31.6 Å². The first kappa shape index (κ1) is 12.9. The van der Waals surface area contributed by atoms with Crippen molar-refractivity contribution in [2.75, 3.05) is 6.61 Å². The Balaban J connectivity index is 2.24. The molecular formula is C11H13F3N2O2. The minimum absolute atomic E-state index is 0.0131. The second-order valence-corrected chi connectivity index (χ2v) is 4.23. The molecule has 0 radical (unpaired) electrons. The zero-order chi connectivity index (χ0) is 13.3. The van der Waals surface area contributed by atoms with E-state index < -0.39 is 18.1 Å². The second-order valence-electron chi connectivity index (χ2n) is 4.23. The third-order valence-electron chi connectivity index (χ3n) is 3.08. The van der Waals surface area contributed by atoms with E-state index >= 15 is 0 Å². The molecule has 18 heavy (non-hydrogen) atoms. The SMILES string of the molecule is CCOC(=O)c1n[nH]c2c1C[C@H](C(F)(F)F)CC2. The number of esters is 1. The molecule has 0 saturated heterocycles. The van der Waals surface area contributed by atoms with Crippen LogP contribution in [-0.2, 0) is 17.6 Å². The normalized spacial score (nSPS) is 19.4. The molecule has 1 aliphatic carbocycles. The Hall–Kier alpha value is -1.53. The van der Waals surface area contributed by atoms with E-state index in [1.807, 2.05) is 0 Å². The van der Waals surface area contributed by atoms with Gasteiger partial charge in [0.15, 0.2) is 5.69 Å². The third-order valence-corrected chi connectivity index (χ3v) is 3.08. The van der Waals surface area contributed by atoms with Crippen molar-refractivity contribution < 1.29 is 22.7 Å². The van der Waals surface area contributed by atoms with E-state index in [1.54, 1.807) is 6.92 Å². The first-order valence-corrected chi connectivity index (χ1v) is 5.73. The number of hydrogen-bond donors (Lipinski definition) is 1. The summed E-state index contributed by atoms with van der Waals surface area (Å²) >= 11 is 0. The van der Waals surface area contributed by atoms with Crippen molar-refractivity contribution in [1.29, 1.82) is 0 Å². The van der Waals surface area contributed by atoms with Crippen LogP contribution in [0.15, 0.2) is 0 Å². The van der Waals surface area contributed by atoms with E-state index in [9.17, 15) is 18.0 Å². The van der Waals surface area contributed by atoms with Gasteiger partial charge in [0.05, 0.1) is 12.5 Å². The van der Waals surface area contributed by atoms with E-state index in [2.05, 4.69) is 10.2 Å². The van der Waals surface area contributed by atoms with Crippen molar-refractivity contribution in [3.05, 3.63) is 17.0 Å². The molecular weight excluding hydrogens is 249 g/mol. The van der Waals surface area contributed by atoms with Crippen LogP contribution < -0.4 is 0 Å².